The number of rotatable bonds is 4. The van der Waals surface area contributed by atoms with E-state index in [-0.39, 0.29) is 6.04 Å². The van der Waals surface area contributed by atoms with E-state index in [1.807, 2.05) is 31.0 Å². The van der Waals surface area contributed by atoms with Crippen molar-refractivity contribution in [2.75, 3.05) is 11.9 Å². The van der Waals surface area contributed by atoms with Crippen LogP contribution >= 0.6 is 15.9 Å². The first-order valence-corrected chi connectivity index (χ1v) is 7.00. The van der Waals surface area contributed by atoms with E-state index in [2.05, 4.69) is 51.2 Å². The lowest BCUT2D eigenvalue weighted by atomic mass is 10.1. The fourth-order valence-corrected chi connectivity index (χ4v) is 2.77. The third-order valence-electron chi connectivity index (χ3n) is 3.09. The van der Waals surface area contributed by atoms with Crippen molar-refractivity contribution in [3.8, 4) is 0 Å². The summed E-state index contributed by atoms with van der Waals surface area (Å²) in [5, 5.41) is 4.18. The van der Waals surface area contributed by atoms with Crippen LogP contribution in [0.4, 0.5) is 5.69 Å². The van der Waals surface area contributed by atoms with E-state index in [4.69, 9.17) is 5.73 Å². The third-order valence-corrected chi connectivity index (χ3v) is 3.78. The van der Waals surface area contributed by atoms with E-state index >= 15 is 0 Å². The summed E-state index contributed by atoms with van der Waals surface area (Å²) in [6, 6.07) is 6.31. The number of anilines is 1. The number of nitrogens with two attached hydrogens (primary N) is 1. The second-order valence-electron chi connectivity index (χ2n) is 4.87. The Balaban J connectivity index is 2.15. The minimum absolute atomic E-state index is 0.0343. The highest BCUT2D eigenvalue weighted by Gasteiger charge is 2.09. The number of aromatic nitrogens is 2. The molecule has 0 saturated heterocycles. The van der Waals surface area contributed by atoms with E-state index in [1.165, 1.54) is 5.56 Å². The molecule has 2 N–H and O–H groups in total. The van der Waals surface area contributed by atoms with Crippen LogP contribution < -0.4 is 10.6 Å². The fraction of sp³-hybridized carbons (Fsp3) is 0.357. The largest absolute Gasteiger partial charge is 0.370 e. The van der Waals surface area contributed by atoms with Crippen LogP contribution in [0.15, 0.2) is 35.1 Å². The van der Waals surface area contributed by atoms with Gasteiger partial charge in [-0.3, -0.25) is 4.68 Å². The van der Waals surface area contributed by atoms with Gasteiger partial charge in [-0.25, -0.2) is 0 Å². The van der Waals surface area contributed by atoms with E-state index < -0.39 is 0 Å². The maximum absolute atomic E-state index is 5.91. The van der Waals surface area contributed by atoms with Gasteiger partial charge in [-0.15, -0.1) is 0 Å². The third kappa shape index (κ3) is 3.36. The smallest absolute Gasteiger partial charge is 0.0539 e. The number of halogens is 1. The maximum atomic E-state index is 5.91. The van der Waals surface area contributed by atoms with Gasteiger partial charge in [0, 0.05) is 48.6 Å². The van der Waals surface area contributed by atoms with E-state index in [1.54, 1.807) is 0 Å². The molecule has 0 aliphatic rings. The lowest BCUT2D eigenvalue weighted by molar-refractivity contribution is 0.766. The number of hydrogen-bond acceptors (Lipinski definition) is 3. The molecular formula is C14H19BrN4. The Labute approximate surface area is 122 Å². The number of benzene rings is 1. The first-order valence-electron chi connectivity index (χ1n) is 6.21. The molecule has 1 aromatic heterocycles. The Bertz CT molecular complexity index is 562. The van der Waals surface area contributed by atoms with Gasteiger partial charge in [0.2, 0.25) is 0 Å². The predicted molar refractivity (Wildman–Crippen MR) is 82.1 cm³/mol. The highest BCUT2D eigenvalue weighted by atomic mass is 79.9. The molecule has 102 valence electrons. The standard InChI is InChI=1S/C14H19BrN4/c1-10(16)13-5-4-12(6-14(13)15)18(2)8-11-7-17-19(3)9-11/h4-7,9-10H,8,16H2,1-3H3/t10-/m0/s1. The molecule has 5 heteroatoms. The fourth-order valence-electron chi connectivity index (χ4n) is 2.04. The molecular weight excluding hydrogens is 304 g/mol. The zero-order valence-corrected chi connectivity index (χ0v) is 13.1. The summed E-state index contributed by atoms with van der Waals surface area (Å²) in [5.41, 5.74) is 9.38. The highest BCUT2D eigenvalue weighted by molar-refractivity contribution is 9.10. The van der Waals surface area contributed by atoms with E-state index in [0.29, 0.717) is 0 Å². The summed E-state index contributed by atoms with van der Waals surface area (Å²) in [6.45, 7) is 2.82. The first kappa shape index (κ1) is 14.1. The van der Waals surface area contributed by atoms with Gasteiger partial charge in [0.1, 0.15) is 0 Å². The topological polar surface area (TPSA) is 47.1 Å². The van der Waals surface area contributed by atoms with Gasteiger partial charge in [0.05, 0.1) is 6.20 Å². The van der Waals surface area contributed by atoms with Crippen LogP contribution in [-0.2, 0) is 13.6 Å². The molecule has 0 amide bonds. The van der Waals surface area contributed by atoms with E-state index in [9.17, 15) is 0 Å². The molecule has 0 saturated carbocycles. The average molecular weight is 323 g/mol. The lowest BCUT2D eigenvalue weighted by Crippen LogP contribution is -2.16. The Kier molecular flexibility index (Phi) is 4.27. The van der Waals surface area contributed by atoms with Crippen molar-refractivity contribution >= 4 is 21.6 Å². The first-order chi connectivity index (χ1) is 8.97. The Morgan fingerprint density at radius 2 is 2.21 bits per heavy atom. The van der Waals surface area contributed by atoms with Gasteiger partial charge in [-0.1, -0.05) is 22.0 Å². The summed E-state index contributed by atoms with van der Waals surface area (Å²) in [6.07, 6.45) is 3.92. The average Bonchev–Trinajstić information content (AvgIpc) is 2.74. The van der Waals surface area contributed by atoms with Gasteiger partial charge in [-0.2, -0.15) is 5.10 Å². The zero-order chi connectivity index (χ0) is 14.0. The second kappa shape index (κ2) is 5.75. The molecule has 0 unspecified atom stereocenters. The molecule has 0 bridgehead atoms. The van der Waals surface area contributed by atoms with Crippen LogP contribution in [0.25, 0.3) is 0 Å². The van der Waals surface area contributed by atoms with Crippen molar-refractivity contribution in [3.05, 3.63) is 46.2 Å². The van der Waals surface area contributed by atoms with Crippen molar-refractivity contribution < 1.29 is 0 Å². The summed E-state index contributed by atoms with van der Waals surface area (Å²) < 4.78 is 2.87. The van der Waals surface area contributed by atoms with Crippen LogP contribution in [0.1, 0.15) is 24.1 Å². The molecule has 0 spiro atoms. The molecule has 0 radical (unpaired) electrons. The summed E-state index contributed by atoms with van der Waals surface area (Å²) in [4.78, 5) is 2.19. The lowest BCUT2D eigenvalue weighted by Gasteiger charge is -2.20. The van der Waals surface area contributed by atoms with Crippen molar-refractivity contribution in [1.29, 1.82) is 0 Å². The van der Waals surface area contributed by atoms with Gasteiger partial charge in [0.15, 0.2) is 0 Å². The number of nitrogens with zero attached hydrogens (tertiary/aromatic N) is 3. The van der Waals surface area contributed by atoms with Crippen LogP contribution in [0.3, 0.4) is 0 Å². The zero-order valence-electron chi connectivity index (χ0n) is 11.5. The minimum Gasteiger partial charge on any atom is -0.370 e. The van der Waals surface area contributed by atoms with Gasteiger partial charge < -0.3 is 10.6 Å². The molecule has 2 aromatic rings. The highest BCUT2D eigenvalue weighted by Crippen LogP contribution is 2.27. The molecule has 0 aliphatic carbocycles. The van der Waals surface area contributed by atoms with Crippen molar-refractivity contribution in [2.24, 2.45) is 12.8 Å². The maximum Gasteiger partial charge on any atom is 0.0539 e. The van der Waals surface area contributed by atoms with Gasteiger partial charge in [-0.05, 0) is 24.6 Å². The van der Waals surface area contributed by atoms with Crippen LogP contribution in [0, 0.1) is 0 Å². The molecule has 1 heterocycles. The minimum atomic E-state index is 0.0343. The van der Waals surface area contributed by atoms with Crippen LogP contribution in [0.2, 0.25) is 0 Å². The van der Waals surface area contributed by atoms with E-state index in [0.717, 1.165) is 22.3 Å². The molecule has 1 atom stereocenters. The molecule has 4 nitrogen and oxygen atoms in total. The monoisotopic (exact) mass is 322 g/mol. The normalized spacial score (nSPS) is 12.5. The molecule has 1 aromatic carbocycles. The summed E-state index contributed by atoms with van der Waals surface area (Å²) in [7, 11) is 4.00. The quantitative estimate of drug-likeness (QED) is 0.941. The SMILES string of the molecule is C[C@H](N)c1ccc(N(C)Cc2cnn(C)c2)cc1Br. The summed E-state index contributed by atoms with van der Waals surface area (Å²) in [5.74, 6) is 0. The second-order valence-corrected chi connectivity index (χ2v) is 5.73. The van der Waals surface area contributed by atoms with Gasteiger partial charge >= 0.3 is 0 Å². The molecule has 19 heavy (non-hydrogen) atoms. The van der Waals surface area contributed by atoms with Crippen LogP contribution in [0.5, 0.6) is 0 Å². The number of hydrogen-bond donors (Lipinski definition) is 1. The van der Waals surface area contributed by atoms with Crippen molar-refractivity contribution in [3.63, 3.8) is 0 Å². The molecule has 0 fully saturated rings. The summed E-state index contributed by atoms with van der Waals surface area (Å²) >= 11 is 3.58. The van der Waals surface area contributed by atoms with Crippen molar-refractivity contribution in [2.45, 2.75) is 19.5 Å². The van der Waals surface area contributed by atoms with Crippen molar-refractivity contribution in [1.82, 2.24) is 9.78 Å². The van der Waals surface area contributed by atoms with Crippen LogP contribution in [-0.4, -0.2) is 16.8 Å². The van der Waals surface area contributed by atoms with Gasteiger partial charge in [0.25, 0.3) is 0 Å². The Morgan fingerprint density at radius 1 is 1.47 bits per heavy atom. The number of aryl methyl sites for hydroxylation is 1. The Hall–Kier alpha value is -1.33. The predicted octanol–water partition coefficient (Wildman–Crippen LogP) is 2.84. The molecule has 2 rings (SSSR count). The Morgan fingerprint density at radius 3 is 2.74 bits per heavy atom. The molecule has 0 aliphatic heterocycles.